The molecule has 0 aliphatic rings. The molecule has 2 aromatic rings. The minimum atomic E-state index is -3.60. The third-order valence-electron chi connectivity index (χ3n) is 2.54. The minimum absolute atomic E-state index is 0.167. The molecule has 0 heterocycles. The molecule has 1 atom stereocenters. The van der Waals surface area contributed by atoms with E-state index in [0.717, 1.165) is 0 Å². The lowest BCUT2D eigenvalue weighted by Gasteiger charge is -2.11. The normalized spacial score (nSPS) is 13.2. The summed E-state index contributed by atoms with van der Waals surface area (Å²) in [6, 6.07) is 14.7. The van der Waals surface area contributed by atoms with Gasteiger partial charge in [0.1, 0.15) is 0 Å². The Labute approximate surface area is 111 Å². The van der Waals surface area contributed by atoms with Crippen molar-refractivity contribution in [2.24, 2.45) is 0 Å². The van der Waals surface area contributed by atoms with Crippen LogP contribution in [0.1, 0.15) is 10.3 Å². The second-order valence-electron chi connectivity index (χ2n) is 3.84. The summed E-state index contributed by atoms with van der Waals surface area (Å²) in [5.41, 5.74) is 6.59. The van der Waals surface area contributed by atoms with Gasteiger partial charge in [-0.1, -0.05) is 41.9 Å². The first-order valence-electron chi connectivity index (χ1n) is 5.30. The summed E-state index contributed by atoms with van der Waals surface area (Å²) >= 11 is 6.05. The summed E-state index contributed by atoms with van der Waals surface area (Å²) in [6.45, 7) is 0. The van der Waals surface area contributed by atoms with E-state index in [4.69, 9.17) is 17.3 Å². The van der Waals surface area contributed by atoms with Crippen molar-refractivity contribution < 1.29 is 8.42 Å². The molecule has 0 unspecified atom stereocenters. The average Bonchev–Trinajstić information content (AvgIpc) is 2.39. The van der Waals surface area contributed by atoms with Gasteiger partial charge >= 0.3 is 0 Å². The average molecular weight is 282 g/mol. The highest BCUT2D eigenvalue weighted by atomic mass is 35.5. The molecule has 0 fully saturated rings. The number of nitrogen functional groups attached to an aromatic ring is 1. The Morgan fingerprint density at radius 2 is 1.50 bits per heavy atom. The molecule has 3 nitrogen and oxygen atoms in total. The molecule has 2 N–H and O–H groups in total. The van der Waals surface area contributed by atoms with Crippen LogP contribution in [-0.4, -0.2) is 8.42 Å². The van der Waals surface area contributed by atoms with E-state index < -0.39 is 14.5 Å². The first kappa shape index (κ1) is 12.9. The maximum Gasteiger partial charge on any atom is 0.199 e. The van der Waals surface area contributed by atoms with Crippen LogP contribution in [0.15, 0.2) is 59.5 Å². The lowest BCUT2D eigenvalue weighted by Crippen LogP contribution is -2.08. The second-order valence-corrected chi connectivity index (χ2v) is 6.57. The Morgan fingerprint density at radius 1 is 0.944 bits per heavy atom. The van der Waals surface area contributed by atoms with Crippen molar-refractivity contribution >= 4 is 27.1 Å². The minimum Gasteiger partial charge on any atom is -0.399 e. The fourth-order valence-electron chi connectivity index (χ4n) is 1.56. The molecule has 5 heteroatoms. The van der Waals surface area contributed by atoms with Crippen molar-refractivity contribution in [2.45, 2.75) is 9.60 Å². The van der Waals surface area contributed by atoms with E-state index in [-0.39, 0.29) is 4.90 Å². The Balaban J connectivity index is 2.40. The highest BCUT2D eigenvalue weighted by Crippen LogP contribution is 2.32. The number of alkyl halides is 1. The van der Waals surface area contributed by atoms with E-state index in [1.54, 1.807) is 36.4 Å². The molecule has 0 bridgehead atoms. The maximum absolute atomic E-state index is 12.3. The van der Waals surface area contributed by atoms with Gasteiger partial charge in [0.2, 0.25) is 0 Å². The number of rotatable bonds is 3. The van der Waals surface area contributed by atoms with E-state index >= 15 is 0 Å². The van der Waals surface area contributed by atoms with Crippen molar-refractivity contribution in [3.8, 4) is 0 Å². The molecule has 18 heavy (non-hydrogen) atoms. The molecule has 2 aromatic carbocycles. The number of hydrogen-bond acceptors (Lipinski definition) is 3. The molecule has 0 saturated heterocycles. The Bertz CT molecular complexity index is 624. The number of benzene rings is 2. The number of sulfone groups is 1. The second kappa shape index (κ2) is 5.00. The van der Waals surface area contributed by atoms with Gasteiger partial charge in [-0.25, -0.2) is 8.42 Å². The monoisotopic (exact) mass is 281 g/mol. The molecule has 2 rings (SSSR count). The lowest BCUT2D eigenvalue weighted by atomic mass is 10.2. The highest BCUT2D eigenvalue weighted by molar-refractivity contribution is 7.92. The Morgan fingerprint density at radius 3 is 2.06 bits per heavy atom. The molecular weight excluding hydrogens is 270 g/mol. The molecule has 0 spiro atoms. The van der Waals surface area contributed by atoms with Gasteiger partial charge in [-0.3, -0.25) is 0 Å². The largest absolute Gasteiger partial charge is 0.399 e. The van der Waals surface area contributed by atoms with Crippen molar-refractivity contribution in [3.05, 3.63) is 60.2 Å². The van der Waals surface area contributed by atoms with Gasteiger partial charge in [0, 0.05) is 5.69 Å². The van der Waals surface area contributed by atoms with Gasteiger partial charge in [-0.15, -0.1) is 0 Å². The first-order valence-corrected chi connectivity index (χ1v) is 7.28. The zero-order chi connectivity index (χ0) is 13.2. The number of anilines is 1. The maximum atomic E-state index is 12.3. The smallest absolute Gasteiger partial charge is 0.199 e. The first-order chi connectivity index (χ1) is 8.51. The third-order valence-corrected chi connectivity index (χ3v) is 5.24. The topological polar surface area (TPSA) is 60.2 Å². The van der Waals surface area contributed by atoms with Crippen molar-refractivity contribution in [3.63, 3.8) is 0 Å². The molecule has 94 valence electrons. The molecular formula is C13H12ClNO2S. The van der Waals surface area contributed by atoms with Gasteiger partial charge in [-0.2, -0.15) is 0 Å². The predicted octanol–water partition coefficient (Wildman–Crippen LogP) is 2.98. The van der Waals surface area contributed by atoms with Crippen molar-refractivity contribution in [1.29, 1.82) is 0 Å². The Hall–Kier alpha value is -1.52. The quantitative estimate of drug-likeness (QED) is 0.695. The van der Waals surface area contributed by atoms with E-state index in [1.807, 2.05) is 6.07 Å². The fourth-order valence-corrected chi connectivity index (χ4v) is 3.28. The van der Waals surface area contributed by atoms with Crippen LogP contribution in [0.2, 0.25) is 0 Å². The molecule has 0 saturated carbocycles. The van der Waals surface area contributed by atoms with Crippen LogP contribution in [0, 0.1) is 0 Å². The van der Waals surface area contributed by atoms with Crippen molar-refractivity contribution in [2.75, 3.05) is 5.73 Å². The van der Waals surface area contributed by atoms with Gasteiger partial charge in [0.15, 0.2) is 14.5 Å². The van der Waals surface area contributed by atoms with Crippen LogP contribution >= 0.6 is 11.6 Å². The zero-order valence-electron chi connectivity index (χ0n) is 9.45. The summed E-state index contributed by atoms with van der Waals surface area (Å²) < 4.78 is 23.4. The SMILES string of the molecule is Nc1ccc(S(=O)(=O)[C@@H](Cl)c2ccccc2)cc1. The van der Waals surface area contributed by atoms with E-state index in [1.165, 1.54) is 12.1 Å². The van der Waals surface area contributed by atoms with E-state index in [0.29, 0.717) is 11.3 Å². The lowest BCUT2D eigenvalue weighted by molar-refractivity contribution is 0.594. The molecule has 0 amide bonds. The number of halogens is 1. The van der Waals surface area contributed by atoms with Crippen LogP contribution in [0.4, 0.5) is 5.69 Å². The van der Waals surface area contributed by atoms with Crippen LogP contribution in [-0.2, 0) is 9.84 Å². The number of nitrogens with two attached hydrogens (primary N) is 1. The molecule has 0 radical (unpaired) electrons. The van der Waals surface area contributed by atoms with Gasteiger partial charge in [0.05, 0.1) is 4.90 Å². The summed E-state index contributed by atoms with van der Waals surface area (Å²) in [5, 5.41) is 0. The standard InChI is InChI=1S/C13H12ClNO2S/c14-13(10-4-2-1-3-5-10)18(16,17)12-8-6-11(15)7-9-12/h1-9,13H,15H2/t13-/m1/s1. The van der Waals surface area contributed by atoms with Crippen molar-refractivity contribution in [1.82, 2.24) is 0 Å². The highest BCUT2D eigenvalue weighted by Gasteiger charge is 2.26. The van der Waals surface area contributed by atoms with E-state index in [9.17, 15) is 8.42 Å². The summed E-state index contributed by atoms with van der Waals surface area (Å²) in [6.07, 6.45) is 0. The molecule has 0 aromatic heterocycles. The Kier molecular flexibility index (Phi) is 3.59. The fraction of sp³-hybridized carbons (Fsp3) is 0.0769. The van der Waals surface area contributed by atoms with Gasteiger partial charge in [-0.05, 0) is 29.8 Å². The van der Waals surface area contributed by atoms with Crippen LogP contribution in [0.3, 0.4) is 0 Å². The summed E-state index contributed by atoms with van der Waals surface area (Å²) in [7, 11) is -3.60. The van der Waals surface area contributed by atoms with E-state index in [2.05, 4.69) is 0 Å². The van der Waals surface area contributed by atoms with Crippen LogP contribution in [0.25, 0.3) is 0 Å². The summed E-state index contributed by atoms with van der Waals surface area (Å²) in [5.74, 6) is 0. The zero-order valence-corrected chi connectivity index (χ0v) is 11.0. The van der Waals surface area contributed by atoms with Gasteiger partial charge < -0.3 is 5.73 Å². The predicted molar refractivity (Wildman–Crippen MR) is 73.1 cm³/mol. The molecule has 0 aliphatic carbocycles. The summed E-state index contributed by atoms with van der Waals surface area (Å²) in [4.78, 5) is 0.167. The molecule has 0 aliphatic heterocycles. The number of hydrogen-bond donors (Lipinski definition) is 1. The van der Waals surface area contributed by atoms with Crippen LogP contribution < -0.4 is 5.73 Å². The third kappa shape index (κ3) is 2.49. The van der Waals surface area contributed by atoms with Crippen LogP contribution in [0.5, 0.6) is 0 Å². The van der Waals surface area contributed by atoms with Gasteiger partial charge in [0.25, 0.3) is 0 Å².